The Morgan fingerprint density at radius 2 is 1.83 bits per heavy atom. The second kappa shape index (κ2) is 11.9. The van der Waals surface area contributed by atoms with Crippen molar-refractivity contribution in [3.63, 3.8) is 0 Å². The minimum atomic E-state index is -0.0851. The molecule has 0 amide bonds. The van der Waals surface area contributed by atoms with Crippen molar-refractivity contribution in [1.29, 1.82) is 0 Å². The van der Waals surface area contributed by atoms with Crippen LogP contribution in [-0.4, -0.2) is 53.8 Å². The van der Waals surface area contributed by atoms with Gasteiger partial charge in [0.2, 0.25) is 0 Å². The maximum absolute atomic E-state index is 12.8. The average Bonchev–Trinajstić information content (AvgIpc) is 3.15. The number of hydrogen-bond donors (Lipinski definition) is 3. The summed E-state index contributed by atoms with van der Waals surface area (Å²) in [5.41, 5.74) is 5.54. The van der Waals surface area contributed by atoms with Crippen LogP contribution in [0, 0.1) is 5.92 Å². The number of carbonyl (C=O) groups is 1. The maximum atomic E-state index is 12.8. The van der Waals surface area contributed by atoms with E-state index in [9.17, 15) is 4.79 Å². The van der Waals surface area contributed by atoms with Crippen LogP contribution < -0.4 is 16.4 Å². The summed E-state index contributed by atoms with van der Waals surface area (Å²) in [4.78, 5) is 12.8. The highest BCUT2D eigenvalue weighted by molar-refractivity contribution is 5.81. The first-order chi connectivity index (χ1) is 14.7. The van der Waals surface area contributed by atoms with E-state index < -0.39 is 0 Å². The number of nitrogens with two attached hydrogens (primary N) is 1. The molecule has 0 unspecified atom stereocenters. The molecule has 0 bridgehead atoms. The Kier molecular flexibility index (Phi) is 9.28. The zero-order chi connectivity index (χ0) is 21.3. The Morgan fingerprint density at radius 3 is 2.60 bits per heavy atom. The van der Waals surface area contributed by atoms with E-state index >= 15 is 0 Å². The highest BCUT2D eigenvalue weighted by atomic mass is 16.5. The van der Waals surface area contributed by atoms with E-state index in [1.807, 2.05) is 0 Å². The molecule has 5 atom stereocenters. The van der Waals surface area contributed by atoms with Gasteiger partial charge in [0.25, 0.3) is 0 Å². The molecule has 1 saturated heterocycles. The molecule has 6 heteroatoms. The molecular weight excluding hydrogens is 376 g/mol. The molecular formula is C24H45N4O2+. The molecule has 3 heterocycles. The third-order valence-corrected chi connectivity index (χ3v) is 7.29. The van der Waals surface area contributed by atoms with Crippen LogP contribution in [0.3, 0.4) is 0 Å². The normalized spacial score (nSPS) is 29.9. The number of esters is 1. The molecule has 0 saturated carbocycles. The number of carbonyl (C=O) groups excluding carboxylic acids is 1. The van der Waals surface area contributed by atoms with E-state index in [1.165, 1.54) is 70.2 Å². The molecule has 1 fully saturated rings. The molecule has 0 aromatic heterocycles. The van der Waals surface area contributed by atoms with E-state index in [4.69, 9.17) is 10.5 Å². The molecule has 3 aliphatic rings. The van der Waals surface area contributed by atoms with E-state index in [1.54, 1.807) is 0 Å². The van der Waals surface area contributed by atoms with Gasteiger partial charge in [0, 0.05) is 6.42 Å². The van der Waals surface area contributed by atoms with E-state index in [0.29, 0.717) is 25.2 Å². The lowest BCUT2D eigenvalue weighted by Crippen LogP contribution is -2.66. The standard InChI is InChI=1S/C24H44N4O2/c1-3-4-5-6-7-8-9-12-19-17-20-13-14-21-22(23(29)30-16-11-10-15-25)18(2)26-24(27-19)28(20)21/h18-22H,3-17,25H2,1-2H3,(H,26,27)/p+1/t18-,19-,20+,21+,22+/m1/s1. The van der Waals surface area contributed by atoms with E-state index in [0.717, 1.165) is 19.3 Å². The smallest absolute Gasteiger partial charge is 0.346 e. The number of guanidine groups is 1. The predicted molar refractivity (Wildman–Crippen MR) is 122 cm³/mol. The van der Waals surface area contributed by atoms with Crippen LogP contribution in [0.1, 0.15) is 97.3 Å². The number of nitrogens with one attached hydrogen (secondary N) is 2. The number of hydrogen-bond acceptors (Lipinski definition) is 5. The molecule has 0 spiro atoms. The van der Waals surface area contributed by atoms with Gasteiger partial charge in [-0.3, -0.25) is 20.0 Å². The van der Waals surface area contributed by atoms with Crippen LogP contribution in [0.25, 0.3) is 0 Å². The van der Waals surface area contributed by atoms with Gasteiger partial charge in [0.1, 0.15) is 5.92 Å². The lowest BCUT2D eigenvalue weighted by atomic mass is 9.89. The van der Waals surface area contributed by atoms with Crippen molar-refractivity contribution in [2.24, 2.45) is 11.7 Å². The quantitative estimate of drug-likeness (QED) is 0.242. The summed E-state index contributed by atoms with van der Waals surface area (Å²) in [6, 6.07) is 1.51. The van der Waals surface area contributed by atoms with Crippen molar-refractivity contribution in [2.45, 2.75) is 121 Å². The summed E-state index contributed by atoms with van der Waals surface area (Å²) >= 11 is 0. The van der Waals surface area contributed by atoms with Crippen LogP contribution >= 0.6 is 0 Å². The second-order valence-corrected chi connectivity index (χ2v) is 9.66. The predicted octanol–water partition coefficient (Wildman–Crippen LogP) is 3.28. The van der Waals surface area contributed by atoms with Crippen LogP contribution in [0.2, 0.25) is 0 Å². The van der Waals surface area contributed by atoms with Crippen molar-refractivity contribution >= 4 is 11.9 Å². The molecule has 0 radical (unpaired) electrons. The summed E-state index contributed by atoms with van der Waals surface area (Å²) < 4.78 is 8.09. The zero-order valence-electron chi connectivity index (χ0n) is 19.3. The maximum Gasteiger partial charge on any atom is 0.346 e. The number of rotatable bonds is 13. The second-order valence-electron chi connectivity index (χ2n) is 9.66. The first-order valence-electron chi connectivity index (χ1n) is 12.7. The van der Waals surface area contributed by atoms with Crippen LogP contribution in [0.4, 0.5) is 0 Å². The van der Waals surface area contributed by atoms with Gasteiger partial charge in [-0.1, -0.05) is 51.9 Å². The number of nitrogens with zero attached hydrogens (tertiary/aromatic N) is 1. The fourth-order valence-corrected chi connectivity index (χ4v) is 5.67. The largest absolute Gasteiger partial charge is 0.465 e. The summed E-state index contributed by atoms with van der Waals surface area (Å²) in [5, 5.41) is 7.40. The fourth-order valence-electron chi connectivity index (χ4n) is 5.67. The van der Waals surface area contributed by atoms with Gasteiger partial charge in [-0.25, -0.2) is 0 Å². The molecule has 3 rings (SSSR count). The zero-order valence-corrected chi connectivity index (χ0v) is 19.3. The third kappa shape index (κ3) is 5.89. The summed E-state index contributed by atoms with van der Waals surface area (Å²) in [6.07, 6.45) is 16.1. The Balaban J connectivity index is 1.49. The fraction of sp³-hybridized carbons (Fsp3) is 0.917. The van der Waals surface area contributed by atoms with Crippen molar-refractivity contribution in [2.75, 3.05) is 13.2 Å². The number of ether oxygens (including phenoxy) is 1. The lowest BCUT2D eigenvalue weighted by molar-refractivity contribution is -0.598. The minimum absolute atomic E-state index is 0.0399. The Bertz CT molecular complexity index is 580. The van der Waals surface area contributed by atoms with E-state index in [2.05, 4.69) is 29.1 Å². The van der Waals surface area contributed by atoms with Gasteiger partial charge in [0.05, 0.1) is 30.8 Å². The topological polar surface area (TPSA) is 79.4 Å². The molecule has 172 valence electrons. The summed E-state index contributed by atoms with van der Waals surface area (Å²) in [7, 11) is 0. The first kappa shape index (κ1) is 23.4. The summed E-state index contributed by atoms with van der Waals surface area (Å²) in [6.45, 7) is 5.55. The Hall–Kier alpha value is -1.30. The van der Waals surface area contributed by atoms with Gasteiger partial charge in [-0.2, -0.15) is 0 Å². The molecule has 0 aromatic rings. The van der Waals surface area contributed by atoms with Gasteiger partial charge >= 0.3 is 11.9 Å². The highest BCUT2D eigenvalue weighted by Crippen LogP contribution is 2.35. The molecule has 6 nitrogen and oxygen atoms in total. The third-order valence-electron chi connectivity index (χ3n) is 7.29. The summed E-state index contributed by atoms with van der Waals surface area (Å²) in [5.74, 6) is 1.04. The van der Waals surface area contributed by atoms with E-state index in [-0.39, 0.29) is 24.0 Å². The van der Waals surface area contributed by atoms with Crippen LogP contribution in [0.15, 0.2) is 0 Å². The molecule has 4 N–H and O–H groups in total. The van der Waals surface area contributed by atoms with Crippen molar-refractivity contribution in [3.05, 3.63) is 0 Å². The highest BCUT2D eigenvalue weighted by Gasteiger charge is 2.52. The van der Waals surface area contributed by atoms with Gasteiger partial charge < -0.3 is 10.5 Å². The van der Waals surface area contributed by atoms with Crippen molar-refractivity contribution in [1.82, 2.24) is 10.6 Å². The van der Waals surface area contributed by atoms with Crippen LogP contribution in [0.5, 0.6) is 0 Å². The van der Waals surface area contributed by atoms with Gasteiger partial charge in [0.15, 0.2) is 0 Å². The minimum Gasteiger partial charge on any atom is -0.465 e. The van der Waals surface area contributed by atoms with Gasteiger partial charge in [-0.15, -0.1) is 0 Å². The van der Waals surface area contributed by atoms with Crippen molar-refractivity contribution in [3.8, 4) is 0 Å². The Labute approximate surface area is 183 Å². The molecule has 0 aromatic carbocycles. The lowest BCUT2D eigenvalue weighted by Gasteiger charge is -2.38. The molecule has 3 aliphatic heterocycles. The average molecular weight is 422 g/mol. The Morgan fingerprint density at radius 1 is 1.07 bits per heavy atom. The SMILES string of the molecule is CCCCCCCCC[C@@H]1C[C@@H]2CC[C@H]3[C@@H](C(=O)OCCCCN)[C@@H](C)NC(=[N+]23)N1. The monoisotopic (exact) mass is 421 g/mol. The van der Waals surface area contributed by atoms with Gasteiger partial charge in [-0.05, 0) is 45.6 Å². The first-order valence-corrected chi connectivity index (χ1v) is 12.7. The molecule has 0 aliphatic carbocycles. The van der Waals surface area contributed by atoms with Crippen LogP contribution in [-0.2, 0) is 9.53 Å². The number of unbranched alkanes of at least 4 members (excludes halogenated alkanes) is 7. The molecule has 30 heavy (non-hydrogen) atoms. The van der Waals surface area contributed by atoms with Crippen molar-refractivity contribution < 1.29 is 14.1 Å².